The number of nitrogens with one attached hydrogen (secondary N) is 2. The molecule has 3 N–H and O–H groups in total. The molecule has 0 aliphatic heterocycles. The lowest BCUT2D eigenvalue weighted by Crippen LogP contribution is -2.47. The number of hydrogen-bond acceptors (Lipinski definition) is 6. The standard InChI is InChI=1S/C23H21ClFN3O6/c1-33-23(32)28-19(22(30)31)12-16(27-20(29)21-26-8-9-34-21)10-13-2-4-14(5-3-13)17-11-15(24)6-7-18(17)25/h2-9,11,16,19H,10,12H2,1H3,(H,27,29)(H,28,32)(H,30,31)/t16?,19-/m1/s1. The van der Waals surface area contributed by atoms with Crippen LogP contribution in [-0.4, -0.2) is 47.3 Å². The lowest BCUT2D eigenvalue weighted by molar-refractivity contribution is -0.139. The normalized spacial score (nSPS) is 12.4. The van der Waals surface area contributed by atoms with Crippen molar-refractivity contribution in [2.75, 3.05) is 7.11 Å². The lowest BCUT2D eigenvalue weighted by Gasteiger charge is -2.22. The molecule has 0 aliphatic rings. The molecule has 3 rings (SSSR count). The molecule has 2 amide bonds. The minimum atomic E-state index is -1.33. The van der Waals surface area contributed by atoms with Crippen LogP contribution in [0.1, 0.15) is 22.7 Å². The Morgan fingerprint density at radius 1 is 1.18 bits per heavy atom. The van der Waals surface area contributed by atoms with Crippen molar-refractivity contribution in [1.29, 1.82) is 0 Å². The fourth-order valence-corrected chi connectivity index (χ4v) is 3.48. The number of methoxy groups -OCH3 is 1. The summed E-state index contributed by atoms with van der Waals surface area (Å²) in [6, 6.07) is 9.02. The van der Waals surface area contributed by atoms with Gasteiger partial charge in [-0.3, -0.25) is 4.79 Å². The molecular formula is C23H21ClFN3O6. The smallest absolute Gasteiger partial charge is 0.407 e. The van der Waals surface area contributed by atoms with Crippen LogP contribution in [0.15, 0.2) is 59.3 Å². The third kappa shape index (κ3) is 6.55. The molecule has 0 spiro atoms. The number of rotatable bonds is 9. The molecule has 0 radical (unpaired) electrons. The van der Waals surface area contributed by atoms with Gasteiger partial charge in [-0.25, -0.2) is 19.0 Å². The molecule has 0 aliphatic carbocycles. The molecule has 2 atom stereocenters. The summed E-state index contributed by atoms with van der Waals surface area (Å²) < 4.78 is 23.6. The summed E-state index contributed by atoms with van der Waals surface area (Å²) in [4.78, 5) is 39.4. The van der Waals surface area contributed by atoms with Gasteiger partial charge in [0.15, 0.2) is 0 Å². The van der Waals surface area contributed by atoms with E-state index in [2.05, 4.69) is 20.4 Å². The number of carbonyl (C=O) groups excluding carboxylic acids is 2. The van der Waals surface area contributed by atoms with Crippen LogP contribution >= 0.6 is 11.6 Å². The zero-order chi connectivity index (χ0) is 24.7. The van der Waals surface area contributed by atoms with Crippen molar-refractivity contribution < 1.29 is 33.0 Å². The molecule has 9 nitrogen and oxygen atoms in total. The van der Waals surface area contributed by atoms with Gasteiger partial charge in [-0.2, -0.15) is 0 Å². The van der Waals surface area contributed by atoms with Crippen molar-refractivity contribution in [2.24, 2.45) is 0 Å². The van der Waals surface area contributed by atoms with E-state index in [0.717, 1.165) is 12.7 Å². The minimum absolute atomic E-state index is 0.151. The predicted molar refractivity (Wildman–Crippen MR) is 120 cm³/mol. The molecule has 0 saturated carbocycles. The summed E-state index contributed by atoms with van der Waals surface area (Å²) in [7, 11) is 1.11. The molecule has 178 valence electrons. The molecule has 34 heavy (non-hydrogen) atoms. The zero-order valence-corrected chi connectivity index (χ0v) is 18.7. The minimum Gasteiger partial charge on any atom is -0.480 e. The van der Waals surface area contributed by atoms with Gasteiger partial charge in [-0.15, -0.1) is 0 Å². The van der Waals surface area contributed by atoms with E-state index in [9.17, 15) is 23.9 Å². The fraction of sp³-hybridized carbons (Fsp3) is 0.217. The number of benzene rings is 2. The second kappa shape index (κ2) is 11.3. The maximum atomic E-state index is 14.2. The van der Waals surface area contributed by atoms with Crippen LogP contribution in [0.5, 0.6) is 0 Å². The molecule has 1 aromatic heterocycles. The first kappa shape index (κ1) is 24.7. The summed E-state index contributed by atoms with van der Waals surface area (Å²) in [6.45, 7) is 0. The van der Waals surface area contributed by atoms with Crippen molar-refractivity contribution in [3.05, 3.63) is 77.2 Å². The summed E-state index contributed by atoms with van der Waals surface area (Å²) in [5, 5.41) is 14.8. The van der Waals surface area contributed by atoms with E-state index in [0.29, 0.717) is 16.1 Å². The third-order valence-electron chi connectivity index (χ3n) is 4.93. The number of nitrogens with zero attached hydrogens (tertiary/aromatic N) is 1. The highest BCUT2D eigenvalue weighted by Gasteiger charge is 2.27. The van der Waals surface area contributed by atoms with Gasteiger partial charge in [0.2, 0.25) is 0 Å². The number of ether oxygens (including phenoxy) is 1. The number of alkyl carbamates (subject to hydrolysis) is 1. The highest BCUT2D eigenvalue weighted by Crippen LogP contribution is 2.26. The van der Waals surface area contributed by atoms with Crippen LogP contribution < -0.4 is 10.6 Å². The van der Waals surface area contributed by atoms with Crippen LogP contribution in [0.25, 0.3) is 11.1 Å². The van der Waals surface area contributed by atoms with Crippen molar-refractivity contribution >= 4 is 29.6 Å². The molecule has 11 heteroatoms. The predicted octanol–water partition coefficient (Wildman–Crippen LogP) is 3.67. The zero-order valence-electron chi connectivity index (χ0n) is 18.0. The number of hydrogen-bond donors (Lipinski definition) is 3. The number of carbonyl (C=O) groups is 3. The number of amides is 2. The van der Waals surface area contributed by atoms with Crippen molar-refractivity contribution in [3.8, 4) is 11.1 Å². The number of aromatic nitrogens is 1. The average molecular weight is 490 g/mol. The second-order valence-electron chi connectivity index (χ2n) is 7.30. The Morgan fingerprint density at radius 2 is 1.91 bits per heavy atom. The van der Waals surface area contributed by atoms with Gasteiger partial charge in [-0.05, 0) is 42.2 Å². The van der Waals surface area contributed by atoms with E-state index in [4.69, 9.17) is 16.0 Å². The van der Waals surface area contributed by atoms with Gasteiger partial charge in [0.25, 0.3) is 5.89 Å². The molecule has 3 aromatic rings. The van der Waals surface area contributed by atoms with Crippen LogP contribution in [-0.2, 0) is 16.0 Å². The summed E-state index contributed by atoms with van der Waals surface area (Å²) in [6.07, 6.45) is 1.67. The first-order chi connectivity index (χ1) is 16.3. The average Bonchev–Trinajstić information content (AvgIpc) is 3.36. The van der Waals surface area contributed by atoms with Crippen molar-refractivity contribution in [3.63, 3.8) is 0 Å². The summed E-state index contributed by atoms with van der Waals surface area (Å²) in [5.74, 6) is -2.56. The maximum Gasteiger partial charge on any atom is 0.407 e. The van der Waals surface area contributed by atoms with Gasteiger partial charge >= 0.3 is 18.0 Å². The summed E-state index contributed by atoms with van der Waals surface area (Å²) in [5.41, 5.74) is 1.66. The van der Waals surface area contributed by atoms with Gasteiger partial charge < -0.3 is 24.9 Å². The number of carboxylic acids is 1. The topological polar surface area (TPSA) is 131 Å². The van der Waals surface area contributed by atoms with E-state index < -0.39 is 35.9 Å². The quantitative estimate of drug-likeness (QED) is 0.418. The summed E-state index contributed by atoms with van der Waals surface area (Å²) >= 11 is 5.97. The van der Waals surface area contributed by atoms with E-state index in [1.54, 1.807) is 24.3 Å². The Labute approximate surface area is 198 Å². The molecular weight excluding hydrogens is 469 g/mol. The van der Waals surface area contributed by atoms with E-state index in [1.165, 1.54) is 30.7 Å². The second-order valence-corrected chi connectivity index (χ2v) is 7.73. The van der Waals surface area contributed by atoms with Crippen LogP contribution in [0, 0.1) is 5.82 Å². The molecule has 2 aromatic carbocycles. The Hall–Kier alpha value is -3.92. The fourth-order valence-electron chi connectivity index (χ4n) is 3.31. The molecule has 0 bridgehead atoms. The van der Waals surface area contributed by atoms with Crippen LogP contribution in [0.4, 0.5) is 9.18 Å². The Morgan fingerprint density at radius 3 is 2.53 bits per heavy atom. The SMILES string of the molecule is COC(=O)N[C@H](CC(Cc1ccc(-c2cc(Cl)ccc2F)cc1)NC(=O)c1ncco1)C(=O)O. The number of halogens is 2. The van der Waals surface area contributed by atoms with Gasteiger partial charge in [-0.1, -0.05) is 35.9 Å². The largest absolute Gasteiger partial charge is 0.480 e. The third-order valence-corrected chi connectivity index (χ3v) is 5.17. The van der Waals surface area contributed by atoms with E-state index >= 15 is 0 Å². The van der Waals surface area contributed by atoms with E-state index in [-0.39, 0.29) is 18.7 Å². The Balaban J connectivity index is 1.80. The molecule has 1 heterocycles. The number of oxazole rings is 1. The Kier molecular flexibility index (Phi) is 8.20. The van der Waals surface area contributed by atoms with Gasteiger partial charge in [0, 0.05) is 16.6 Å². The highest BCUT2D eigenvalue weighted by atomic mass is 35.5. The lowest BCUT2D eigenvalue weighted by atomic mass is 9.97. The Bertz CT molecular complexity index is 1150. The number of carboxylic acid groups (broad SMARTS) is 1. The van der Waals surface area contributed by atoms with E-state index in [1.807, 2.05) is 0 Å². The molecule has 0 fully saturated rings. The highest BCUT2D eigenvalue weighted by molar-refractivity contribution is 6.30. The van der Waals surface area contributed by atoms with Crippen molar-refractivity contribution in [1.82, 2.24) is 15.6 Å². The van der Waals surface area contributed by atoms with Crippen molar-refractivity contribution in [2.45, 2.75) is 24.9 Å². The maximum absolute atomic E-state index is 14.2. The monoisotopic (exact) mass is 489 g/mol. The van der Waals surface area contributed by atoms with Crippen LogP contribution in [0.2, 0.25) is 5.02 Å². The van der Waals surface area contributed by atoms with Gasteiger partial charge in [0.1, 0.15) is 18.1 Å². The first-order valence-electron chi connectivity index (χ1n) is 10.1. The number of aliphatic carboxylic acids is 1. The molecule has 1 unspecified atom stereocenters. The first-order valence-corrected chi connectivity index (χ1v) is 10.5. The molecule has 0 saturated heterocycles. The van der Waals surface area contributed by atoms with Crippen LogP contribution in [0.3, 0.4) is 0 Å². The van der Waals surface area contributed by atoms with Gasteiger partial charge in [0.05, 0.1) is 13.3 Å².